The van der Waals surface area contributed by atoms with Crippen LogP contribution in [-0.4, -0.2) is 16.1 Å². The van der Waals surface area contributed by atoms with Crippen LogP contribution in [0.2, 0.25) is 5.02 Å². The van der Waals surface area contributed by atoms with Gasteiger partial charge >= 0.3 is 0 Å². The molecule has 0 aliphatic carbocycles. The molecule has 0 atom stereocenters. The number of hydrogen-bond acceptors (Lipinski definition) is 4. The second-order valence-corrected chi connectivity index (χ2v) is 6.06. The van der Waals surface area contributed by atoms with E-state index in [1.165, 1.54) is 11.3 Å². The lowest BCUT2D eigenvalue weighted by Crippen LogP contribution is -2.11. The zero-order valence-electron chi connectivity index (χ0n) is 10.7. The van der Waals surface area contributed by atoms with Crippen molar-refractivity contribution in [1.29, 1.82) is 0 Å². The molecule has 1 amide bonds. The number of nitrogens with one attached hydrogen (secondary N) is 1. The molecule has 100 valence electrons. The predicted octanol–water partition coefficient (Wildman–Crippen LogP) is 3.64. The first-order chi connectivity index (χ1) is 9.04. The summed E-state index contributed by atoms with van der Waals surface area (Å²) in [6.45, 7) is 4.24. The molecule has 0 unspecified atom stereocenters. The molecule has 0 fully saturated rings. The lowest BCUT2D eigenvalue weighted by Gasteiger charge is -2.01. The van der Waals surface area contributed by atoms with E-state index in [2.05, 4.69) is 29.4 Å². The minimum Gasteiger partial charge on any atom is -0.296 e. The van der Waals surface area contributed by atoms with Crippen LogP contribution in [0.1, 0.15) is 29.2 Å². The van der Waals surface area contributed by atoms with Crippen molar-refractivity contribution in [1.82, 2.24) is 10.2 Å². The zero-order chi connectivity index (χ0) is 13.8. The highest BCUT2D eigenvalue weighted by Crippen LogP contribution is 2.19. The van der Waals surface area contributed by atoms with Crippen LogP contribution in [0.4, 0.5) is 5.13 Å². The molecular formula is C13H14ClN3OS. The van der Waals surface area contributed by atoms with Gasteiger partial charge in [-0.2, -0.15) is 0 Å². The third-order valence-corrected chi connectivity index (χ3v) is 3.49. The molecule has 0 aliphatic heterocycles. The molecule has 1 N–H and O–H groups in total. The second-order valence-electron chi connectivity index (χ2n) is 4.56. The van der Waals surface area contributed by atoms with Gasteiger partial charge in [0.25, 0.3) is 5.91 Å². The van der Waals surface area contributed by atoms with Crippen molar-refractivity contribution in [2.24, 2.45) is 5.92 Å². The monoisotopic (exact) mass is 295 g/mol. The van der Waals surface area contributed by atoms with Crippen LogP contribution < -0.4 is 5.32 Å². The van der Waals surface area contributed by atoms with E-state index in [4.69, 9.17) is 11.6 Å². The van der Waals surface area contributed by atoms with Gasteiger partial charge in [0.1, 0.15) is 5.01 Å². The van der Waals surface area contributed by atoms with Gasteiger partial charge in [-0.15, -0.1) is 10.2 Å². The van der Waals surface area contributed by atoms with Gasteiger partial charge in [0.05, 0.1) is 0 Å². The van der Waals surface area contributed by atoms with Crippen molar-refractivity contribution in [2.45, 2.75) is 20.3 Å². The smallest absolute Gasteiger partial charge is 0.257 e. The van der Waals surface area contributed by atoms with Crippen molar-refractivity contribution in [3.8, 4) is 0 Å². The highest BCUT2D eigenvalue weighted by molar-refractivity contribution is 7.15. The van der Waals surface area contributed by atoms with Gasteiger partial charge in [0, 0.05) is 17.0 Å². The van der Waals surface area contributed by atoms with Crippen LogP contribution in [0.3, 0.4) is 0 Å². The van der Waals surface area contributed by atoms with Gasteiger partial charge in [0.15, 0.2) is 0 Å². The van der Waals surface area contributed by atoms with Gasteiger partial charge < -0.3 is 0 Å². The number of benzene rings is 1. The van der Waals surface area contributed by atoms with Crippen molar-refractivity contribution in [2.75, 3.05) is 5.32 Å². The number of carbonyl (C=O) groups is 1. The predicted molar refractivity (Wildman–Crippen MR) is 77.9 cm³/mol. The molecule has 4 nitrogen and oxygen atoms in total. The summed E-state index contributed by atoms with van der Waals surface area (Å²) in [4.78, 5) is 11.9. The number of anilines is 1. The Kier molecular flexibility index (Phi) is 4.50. The molecule has 2 aromatic rings. The number of halogens is 1. The minimum atomic E-state index is -0.205. The van der Waals surface area contributed by atoms with E-state index in [1.807, 2.05) is 0 Å². The lowest BCUT2D eigenvalue weighted by atomic mass is 10.1. The third kappa shape index (κ3) is 4.01. The molecule has 0 saturated heterocycles. The van der Waals surface area contributed by atoms with Gasteiger partial charge in [-0.3, -0.25) is 10.1 Å². The number of rotatable bonds is 4. The van der Waals surface area contributed by atoms with Crippen LogP contribution in [0.5, 0.6) is 0 Å². The fraction of sp³-hybridized carbons (Fsp3) is 0.308. The summed E-state index contributed by atoms with van der Waals surface area (Å²) in [6.07, 6.45) is 0.870. The van der Waals surface area contributed by atoms with Crippen molar-refractivity contribution in [3.63, 3.8) is 0 Å². The largest absolute Gasteiger partial charge is 0.296 e. The van der Waals surface area contributed by atoms with E-state index in [0.717, 1.165) is 11.4 Å². The summed E-state index contributed by atoms with van der Waals surface area (Å²) in [6, 6.07) is 6.71. The highest BCUT2D eigenvalue weighted by Gasteiger charge is 2.10. The molecule has 0 radical (unpaired) electrons. The Balaban J connectivity index is 2.02. The van der Waals surface area contributed by atoms with Gasteiger partial charge in [-0.25, -0.2) is 0 Å². The van der Waals surface area contributed by atoms with Crippen LogP contribution in [0.25, 0.3) is 0 Å². The van der Waals surface area contributed by atoms with E-state index in [0.29, 0.717) is 21.6 Å². The molecule has 6 heteroatoms. The molecule has 0 spiro atoms. The molecule has 1 aromatic heterocycles. The first kappa shape index (κ1) is 14.0. The quantitative estimate of drug-likeness (QED) is 0.937. The van der Waals surface area contributed by atoms with Crippen LogP contribution in [0, 0.1) is 5.92 Å². The van der Waals surface area contributed by atoms with Crippen LogP contribution in [0.15, 0.2) is 24.3 Å². The summed E-state index contributed by atoms with van der Waals surface area (Å²) >= 11 is 7.18. The Morgan fingerprint density at radius 2 is 2.00 bits per heavy atom. The van der Waals surface area contributed by atoms with Crippen molar-refractivity contribution in [3.05, 3.63) is 39.9 Å². The average molecular weight is 296 g/mol. The zero-order valence-corrected chi connectivity index (χ0v) is 12.3. The second kappa shape index (κ2) is 6.12. The Labute approximate surface area is 120 Å². The molecule has 0 saturated carbocycles. The van der Waals surface area contributed by atoms with Crippen molar-refractivity contribution < 1.29 is 4.79 Å². The third-order valence-electron chi connectivity index (χ3n) is 2.38. The standard InChI is InChI=1S/C13H14ClN3OS/c1-8(2)7-11-16-17-13(19-11)15-12(18)9-3-5-10(14)6-4-9/h3-6,8H,7H2,1-2H3,(H,15,17,18). The fourth-order valence-electron chi connectivity index (χ4n) is 1.51. The number of hydrogen-bond donors (Lipinski definition) is 1. The summed E-state index contributed by atoms with van der Waals surface area (Å²) in [5.41, 5.74) is 0.546. The van der Waals surface area contributed by atoms with E-state index in [1.54, 1.807) is 24.3 Å². The Hall–Kier alpha value is -1.46. The molecule has 2 rings (SSSR count). The van der Waals surface area contributed by atoms with Gasteiger partial charge in [0.2, 0.25) is 5.13 Å². The molecule has 1 heterocycles. The Bertz CT molecular complexity index is 566. The van der Waals surface area contributed by atoms with Crippen molar-refractivity contribution >= 4 is 34.0 Å². The molecule has 0 aliphatic rings. The molecular weight excluding hydrogens is 282 g/mol. The molecule has 19 heavy (non-hydrogen) atoms. The summed E-state index contributed by atoms with van der Waals surface area (Å²) < 4.78 is 0. The summed E-state index contributed by atoms with van der Waals surface area (Å²) in [7, 11) is 0. The highest BCUT2D eigenvalue weighted by atomic mass is 35.5. The SMILES string of the molecule is CC(C)Cc1nnc(NC(=O)c2ccc(Cl)cc2)s1. The topological polar surface area (TPSA) is 54.9 Å². The van der Waals surface area contributed by atoms with Crippen LogP contribution in [-0.2, 0) is 6.42 Å². The number of amides is 1. The summed E-state index contributed by atoms with van der Waals surface area (Å²) in [5.74, 6) is 0.316. The number of carbonyl (C=O) groups excluding carboxylic acids is 1. The maximum Gasteiger partial charge on any atom is 0.257 e. The van der Waals surface area contributed by atoms with Gasteiger partial charge in [-0.05, 0) is 30.2 Å². The van der Waals surface area contributed by atoms with E-state index in [-0.39, 0.29) is 5.91 Å². The van der Waals surface area contributed by atoms with E-state index in [9.17, 15) is 4.79 Å². The minimum absolute atomic E-state index is 0.205. The maximum absolute atomic E-state index is 11.9. The average Bonchev–Trinajstić information content (AvgIpc) is 2.76. The summed E-state index contributed by atoms with van der Waals surface area (Å²) in [5, 5.41) is 12.8. The number of aromatic nitrogens is 2. The lowest BCUT2D eigenvalue weighted by molar-refractivity contribution is 0.102. The van der Waals surface area contributed by atoms with E-state index >= 15 is 0 Å². The Morgan fingerprint density at radius 3 is 2.63 bits per heavy atom. The maximum atomic E-state index is 11.9. The first-order valence-electron chi connectivity index (χ1n) is 5.94. The van der Waals surface area contributed by atoms with Crippen LogP contribution >= 0.6 is 22.9 Å². The number of nitrogens with zero attached hydrogens (tertiary/aromatic N) is 2. The van der Waals surface area contributed by atoms with E-state index < -0.39 is 0 Å². The normalized spacial score (nSPS) is 10.7. The Morgan fingerprint density at radius 1 is 1.32 bits per heavy atom. The van der Waals surface area contributed by atoms with Gasteiger partial charge in [-0.1, -0.05) is 36.8 Å². The fourth-order valence-corrected chi connectivity index (χ4v) is 2.58. The first-order valence-corrected chi connectivity index (χ1v) is 7.13. The molecule has 0 bridgehead atoms. The molecule has 1 aromatic carbocycles.